The largest absolute Gasteiger partial charge is 0.147 e. The molecule has 1 atom stereocenters. The van der Waals surface area contributed by atoms with Gasteiger partial charge in [-0.15, -0.1) is 24.8 Å². The van der Waals surface area contributed by atoms with Crippen molar-refractivity contribution in [1.29, 1.82) is 0 Å². The van der Waals surface area contributed by atoms with Crippen molar-refractivity contribution in [1.82, 2.24) is 0 Å². The maximum atomic E-state index is 2.55. The number of fused-ring (bicyclic) bond motifs is 1. The molecule has 2 aromatic carbocycles. The second-order valence-electron chi connectivity index (χ2n) is 7.93. The molecule has 1 unspecified atom stereocenters. The molecule has 0 radical (unpaired) electrons. The van der Waals surface area contributed by atoms with Crippen LogP contribution in [0.4, 0.5) is 0 Å². The average Bonchev–Trinajstić information content (AvgIpc) is 3.18. The molecule has 141 valence electrons. The van der Waals surface area contributed by atoms with Gasteiger partial charge in [-0.25, -0.2) is 0 Å². The van der Waals surface area contributed by atoms with E-state index in [1.54, 1.807) is 8.85 Å². The Morgan fingerprint density at radius 2 is 1.67 bits per heavy atom. The zero-order chi connectivity index (χ0) is 17.6. The van der Waals surface area contributed by atoms with Crippen molar-refractivity contribution >= 4 is 37.8 Å². The molecule has 0 heterocycles. The van der Waals surface area contributed by atoms with Gasteiger partial charge < -0.3 is 0 Å². The Bertz CT molecular complexity index is 981. The number of benzene rings is 2. The molecular weight excluding hydrogens is 466 g/mol. The Morgan fingerprint density at radius 1 is 0.963 bits per heavy atom. The average molecular weight is 494 g/mol. The van der Waals surface area contributed by atoms with Crippen LogP contribution in [-0.2, 0) is 18.9 Å². The second-order valence-corrected chi connectivity index (χ2v) is 29.0. The Balaban J connectivity index is 0.00000131. The van der Waals surface area contributed by atoms with E-state index in [0.717, 1.165) is 6.42 Å². The topological polar surface area (TPSA) is 0 Å². The van der Waals surface area contributed by atoms with Gasteiger partial charge in [0.2, 0.25) is 0 Å². The first-order valence-electron chi connectivity index (χ1n) is 9.09. The Kier molecular flexibility index (Phi) is 7.36. The van der Waals surface area contributed by atoms with E-state index < -0.39 is 18.9 Å². The first-order valence-corrected chi connectivity index (χ1v) is 21.2. The van der Waals surface area contributed by atoms with Crippen LogP contribution in [0.25, 0.3) is 17.2 Å². The van der Waals surface area contributed by atoms with E-state index in [1.165, 1.54) is 27.8 Å². The molecule has 0 aliphatic heterocycles. The summed E-state index contributed by atoms with van der Waals surface area (Å²) in [6.07, 6.45) is 8.42. The summed E-state index contributed by atoms with van der Waals surface area (Å²) in [5.41, 5.74) is 8.82. The van der Waals surface area contributed by atoms with Crippen molar-refractivity contribution < 1.29 is 18.9 Å². The van der Waals surface area contributed by atoms with Gasteiger partial charge in [-0.1, -0.05) is 0 Å². The van der Waals surface area contributed by atoms with Crippen LogP contribution in [0.3, 0.4) is 0 Å². The summed E-state index contributed by atoms with van der Waals surface area (Å²) in [6.45, 7) is 4.63. The molecule has 4 heteroatoms. The number of hydrogen-bond donors (Lipinski definition) is 0. The predicted octanol–water partition coefficient (Wildman–Crippen LogP) is 6.71. The number of halogens is 2. The molecule has 0 nitrogen and oxygen atoms in total. The molecule has 0 spiro atoms. The maximum Gasteiger partial charge on any atom is -0.147 e. The first kappa shape index (κ1) is 22.6. The summed E-state index contributed by atoms with van der Waals surface area (Å²) in [6, 6.07) is 17.7. The zero-order valence-electron chi connectivity index (χ0n) is 16.2. The Morgan fingerprint density at radius 3 is 2.33 bits per heavy atom. The first-order chi connectivity index (χ1) is 12.0. The van der Waals surface area contributed by atoms with E-state index in [9.17, 15) is 0 Å². The van der Waals surface area contributed by atoms with Gasteiger partial charge in [-0.05, 0) is 0 Å². The molecule has 27 heavy (non-hydrogen) atoms. The van der Waals surface area contributed by atoms with Crippen LogP contribution in [0, 0.1) is 0 Å². The van der Waals surface area contributed by atoms with Crippen LogP contribution in [0.2, 0.25) is 9.26 Å². The number of allylic oxidation sites excluding steroid dienone is 5. The summed E-state index contributed by atoms with van der Waals surface area (Å²) in [7, 11) is 0. The Hall–Kier alpha value is -0.660. The van der Waals surface area contributed by atoms with E-state index in [4.69, 9.17) is 0 Å². The Labute approximate surface area is 181 Å². The predicted molar refractivity (Wildman–Crippen MR) is 124 cm³/mol. The fraction of sp³-hybridized carbons (Fsp3) is 0.217. The zero-order valence-corrected chi connectivity index (χ0v) is 21.7. The van der Waals surface area contributed by atoms with Crippen molar-refractivity contribution in [3.63, 3.8) is 0 Å². The molecule has 0 N–H and O–H groups in total. The van der Waals surface area contributed by atoms with Crippen molar-refractivity contribution in [3.05, 3.63) is 86.2 Å². The molecule has 2 aromatic rings. The van der Waals surface area contributed by atoms with Crippen LogP contribution in [0.5, 0.6) is 0 Å². The minimum absolute atomic E-state index is 0. The van der Waals surface area contributed by atoms with Crippen LogP contribution in [0.15, 0.2) is 75.1 Å². The summed E-state index contributed by atoms with van der Waals surface area (Å²) in [4.78, 5) is 0. The molecule has 2 aliphatic rings. The van der Waals surface area contributed by atoms with Crippen LogP contribution in [-0.4, -0.2) is 6.88 Å². The van der Waals surface area contributed by atoms with Gasteiger partial charge in [0.1, 0.15) is 0 Å². The quantitative estimate of drug-likeness (QED) is 0.417. The maximum absolute atomic E-state index is 2.55. The van der Waals surface area contributed by atoms with Gasteiger partial charge in [0.15, 0.2) is 0 Å². The monoisotopic (exact) mass is 491 g/mol. The molecule has 2 aliphatic carbocycles. The van der Waals surface area contributed by atoms with Crippen LogP contribution >= 0.6 is 24.8 Å². The van der Waals surface area contributed by atoms with Crippen molar-refractivity contribution in [2.24, 2.45) is 0 Å². The van der Waals surface area contributed by atoms with Crippen LogP contribution in [0.1, 0.15) is 30.4 Å². The molecule has 0 fully saturated rings. The van der Waals surface area contributed by atoms with Gasteiger partial charge in [0.05, 0.1) is 0 Å². The van der Waals surface area contributed by atoms with E-state index >= 15 is 0 Å². The third-order valence-electron chi connectivity index (χ3n) is 5.41. The van der Waals surface area contributed by atoms with Crippen molar-refractivity contribution in [2.45, 2.75) is 28.5 Å². The second kappa shape index (κ2) is 8.78. The standard InChI is InChI=1S/C21H17.2CH3.2ClH.H2Si.Zr/c1-15-14-20-18(16-8-3-2-4-9-16)12-7-13-19(20)21(15)17-10-5-6-11-17;;;;;;/h2-9,12-14,21H,10H2,1H3;2*1H3;2*1H;1H2;. The van der Waals surface area contributed by atoms with Gasteiger partial charge >= 0.3 is 158 Å². The molecule has 0 saturated carbocycles. The smallest absolute Gasteiger partial charge is 0.147 e. The van der Waals surface area contributed by atoms with Crippen molar-refractivity contribution in [3.8, 4) is 11.1 Å². The minimum atomic E-state index is -2.07. The van der Waals surface area contributed by atoms with E-state index in [0.29, 0.717) is 5.92 Å². The summed E-state index contributed by atoms with van der Waals surface area (Å²) in [5, 5.41) is 0. The van der Waals surface area contributed by atoms with Gasteiger partial charge in [0, 0.05) is 0 Å². The molecule has 0 bridgehead atoms. The minimum Gasteiger partial charge on any atom is -0.147 e. The van der Waals surface area contributed by atoms with Crippen LogP contribution < -0.4 is 0 Å². The summed E-state index contributed by atoms with van der Waals surface area (Å²) < 4.78 is 6.84. The molecule has 0 saturated heterocycles. The SMILES string of the molecule is CC1=Cc2c(-c3ccccc3)cccc2C1C1=[C]([Zr]([CH3])([CH3])=[SiH2])C=CC1.Cl.Cl. The molecule has 0 aromatic heterocycles. The third kappa shape index (κ3) is 4.20. The van der Waals surface area contributed by atoms with E-state index in [1.807, 2.05) is 0 Å². The number of rotatable bonds is 3. The third-order valence-corrected chi connectivity index (χ3v) is 12.4. The molecular formula is C23H27Cl2SiZr. The fourth-order valence-electron chi connectivity index (χ4n) is 4.34. The number of hydrogen-bond acceptors (Lipinski definition) is 0. The van der Waals surface area contributed by atoms with E-state index in [-0.39, 0.29) is 24.8 Å². The fourth-order valence-corrected chi connectivity index (χ4v) is 10.5. The molecule has 0 amide bonds. The van der Waals surface area contributed by atoms with Gasteiger partial charge in [-0.2, -0.15) is 0 Å². The summed E-state index contributed by atoms with van der Waals surface area (Å²) in [5.74, 6) is 0.490. The molecule has 4 rings (SSSR count). The van der Waals surface area contributed by atoms with Gasteiger partial charge in [-0.3, -0.25) is 0 Å². The van der Waals surface area contributed by atoms with E-state index in [2.05, 4.69) is 89.8 Å². The summed E-state index contributed by atoms with van der Waals surface area (Å²) >= 11 is -2.07. The van der Waals surface area contributed by atoms with Crippen molar-refractivity contribution in [2.75, 3.05) is 0 Å². The normalized spacial score (nSPS) is 17.9. The van der Waals surface area contributed by atoms with Gasteiger partial charge in [0.25, 0.3) is 0 Å².